The fraction of sp³-hybridized carbons (Fsp3) is 0.250. The van der Waals surface area contributed by atoms with Gasteiger partial charge in [-0.1, -0.05) is 19.1 Å². The van der Waals surface area contributed by atoms with Crippen molar-refractivity contribution in [2.24, 2.45) is 7.05 Å². The van der Waals surface area contributed by atoms with E-state index in [2.05, 4.69) is 20.4 Å². The molecule has 0 saturated carbocycles. The quantitative estimate of drug-likeness (QED) is 0.799. The Morgan fingerprint density at radius 1 is 1.26 bits per heavy atom. The van der Waals surface area contributed by atoms with Crippen molar-refractivity contribution in [2.45, 2.75) is 20.3 Å². The summed E-state index contributed by atoms with van der Waals surface area (Å²) in [6.07, 6.45) is 0.765. The van der Waals surface area contributed by atoms with Crippen LogP contribution in [0, 0.1) is 6.92 Å². The molecule has 3 aromatic rings. The van der Waals surface area contributed by atoms with Crippen LogP contribution in [0.25, 0.3) is 11.3 Å². The molecule has 3 rings (SSSR count). The number of aryl methyl sites for hydroxylation is 3. The Labute approximate surface area is 138 Å². The summed E-state index contributed by atoms with van der Waals surface area (Å²) >= 11 is 1.61. The maximum atomic E-state index is 12.3. The number of nitrogens with one attached hydrogen (secondary N) is 1. The molecule has 0 fully saturated rings. The maximum absolute atomic E-state index is 12.3. The van der Waals surface area contributed by atoms with E-state index in [0.717, 1.165) is 28.5 Å². The first-order valence-electron chi connectivity index (χ1n) is 7.30. The van der Waals surface area contributed by atoms with E-state index < -0.39 is 0 Å². The zero-order chi connectivity index (χ0) is 16.4. The largest absolute Gasteiger partial charge is 0.289 e. The van der Waals surface area contributed by atoms with Crippen LogP contribution < -0.4 is 5.32 Å². The zero-order valence-corrected chi connectivity index (χ0v) is 14.0. The normalized spacial score (nSPS) is 10.7. The van der Waals surface area contributed by atoms with Crippen LogP contribution >= 0.6 is 11.3 Å². The maximum Gasteiger partial charge on any atom is 0.258 e. The zero-order valence-electron chi connectivity index (χ0n) is 13.2. The van der Waals surface area contributed by atoms with Gasteiger partial charge in [-0.25, -0.2) is 4.98 Å². The van der Waals surface area contributed by atoms with Gasteiger partial charge in [-0.05, 0) is 19.1 Å². The predicted octanol–water partition coefficient (Wildman–Crippen LogP) is 3.06. The molecule has 0 saturated heterocycles. The van der Waals surface area contributed by atoms with Crippen molar-refractivity contribution < 1.29 is 4.79 Å². The van der Waals surface area contributed by atoms with Gasteiger partial charge in [0.1, 0.15) is 5.82 Å². The van der Waals surface area contributed by atoms with Crippen molar-refractivity contribution in [1.82, 2.24) is 19.7 Å². The predicted molar refractivity (Wildman–Crippen MR) is 90.6 cm³/mol. The Hall–Kier alpha value is -2.54. The first-order valence-corrected chi connectivity index (χ1v) is 8.18. The van der Waals surface area contributed by atoms with Crippen molar-refractivity contribution in [2.75, 3.05) is 5.32 Å². The first kappa shape index (κ1) is 15.4. The van der Waals surface area contributed by atoms with E-state index in [-0.39, 0.29) is 5.91 Å². The van der Waals surface area contributed by atoms with Gasteiger partial charge >= 0.3 is 0 Å². The number of amides is 1. The Morgan fingerprint density at radius 3 is 2.57 bits per heavy atom. The highest BCUT2D eigenvalue weighted by Crippen LogP contribution is 2.22. The summed E-state index contributed by atoms with van der Waals surface area (Å²) in [5.41, 5.74) is 2.49. The van der Waals surface area contributed by atoms with Crippen molar-refractivity contribution in [3.8, 4) is 11.3 Å². The highest BCUT2D eigenvalue weighted by atomic mass is 32.1. The van der Waals surface area contributed by atoms with Crippen LogP contribution in [0.5, 0.6) is 0 Å². The third kappa shape index (κ3) is 3.29. The molecule has 1 N–H and O–H groups in total. The fourth-order valence-electron chi connectivity index (χ4n) is 2.24. The number of rotatable bonds is 4. The van der Waals surface area contributed by atoms with Crippen LogP contribution in [0.2, 0.25) is 0 Å². The molecule has 0 bridgehead atoms. The number of nitrogens with zero attached hydrogens (tertiary/aromatic N) is 4. The van der Waals surface area contributed by atoms with Gasteiger partial charge < -0.3 is 0 Å². The molecular weight excluding hydrogens is 310 g/mol. The van der Waals surface area contributed by atoms with Crippen LogP contribution in [0.15, 0.2) is 29.6 Å². The first-order chi connectivity index (χ1) is 11.1. The number of carbonyl (C=O) groups is 1. The average Bonchev–Trinajstić information content (AvgIpc) is 3.13. The molecule has 6 nitrogen and oxygen atoms in total. The Morgan fingerprint density at radius 2 is 2.00 bits per heavy atom. The van der Waals surface area contributed by atoms with Crippen LogP contribution in [-0.4, -0.2) is 25.7 Å². The molecule has 0 aliphatic heterocycles. The molecule has 23 heavy (non-hydrogen) atoms. The van der Waals surface area contributed by atoms with Crippen molar-refractivity contribution in [3.63, 3.8) is 0 Å². The molecule has 0 aliphatic carbocycles. The lowest BCUT2D eigenvalue weighted by molar-refractivity contribution is 0.102. The highest BCUT2D eigenvalue weighted by molar-refractivity contribution is 7.09. The molecule has 2 heterocycles. The van der Waals surface area contributed by atoms with E-state index in [1.165, 1.54) is 0 Å². The molecule has 0 atom stereocenters. The van der Waals surface area contributed by atoms with Crippen molar-refractivity contribution in [1.29, 1.82) is 0 Å². The molecule has 7 heteroatoms. The minimum Gasteiger partial charge on any atom is -0.289 e. The minimum absolute atomic E-state index is 0.223. The lowest BCUT2D eigenvalue weighted by Crippen LogP contribution is -2.13. The van der Waals surface area contributed by atoms with E-state index in [1.54, 1.807) is 28.2 Å². The molecule has 0 spiro atoms. The van der Waals surface area contributed by atoms with Gasteiger partial charge in [0.2, 0.25) is 5.95 Å². The van der Waals surface area contributed by atoms with Gasteiger partial charge in [0.25, 0.3) is 5.91 Å². The lowest BCUT2D eigenvalue weighted by Gasteiger charge is -2.02. The SMILES string of the molecule is CCc1nc(NC(=O)c2ccc(-c3csc(C)n3)cc2)nn1C. The second-order valence-electron chi connectivity index (χ2n) is 5.11. The second-order valence-corrected chi connectivity index (χ2v) is 6.17. The number of thiazole rings is 1. The van der Waals surface area contributed by atoms with Crippen molar-refractivity contribution >= 4 is 23.2 Å². The molecule has 1 aromatic carbocycles. The fourth-order valence-corrected chi connectivity index (χ4v) is 2.86. The Bertz CT molecular complexity index is 835. The van der Waals surface area contributed by atoms with Crippen LogP contribution in [0.3, 0.4) is 0 Å². The molecule has 0 radical (unpaired) electrons. The number of aromatic nitrogens is 4. The average molecular weight is 327 g/mol. The second kappa shape index (κ2) is 6.29. The third-order valence-electron chi connectivity index (χ3n) is 3.46. The number of hydrogen-bond donors (Lipinski definition) is 1. The molecule has 0 unspecified atom stereocenters. The molecule has 118 valence electrons. The summed E-state index contributed by atoms with van der Waals surface area (Å²) in [6.45, 7) is 3.97. The van der Waals surface area contributed by atoms with Gasteiger partial charge in [-0.3, -0.25) is 14.8 Å². The van der Waals surface area contributed by atoms with E-state index in [9.17, 15) is 4.79 Å². The van der Waals surface area contributed by atoms with Gasteiger partial charge in [-0.2, -0.15) is 4.98 Å². The smallest absolute Gasteiger partial charge is 0.258 e. The standard InChI is InChI=1S/C16H17N5OS/c1-4-14-18-16(20-21(14)3)19-15(22)12-7-5-11(6-8-12)13-9-23-10(2)17-13/h5-9H,4H2,1-3H3,(H,19,20,22). The van der Waals surface area contributed by atoms with Gasteiger partial charge in [0, 0.05) is 30.0 Å². The van der Waals surface area contributed by atoms with Crippen LogP contribution in [0.1, 0.15) is 28.1 Å². The lowest BCUT2D eigenvalue weighted by atomic mass is 10.1. The molecule has 2 aromatic heterocycles. The van der Waals surface area contributed by atoms with Crippen molar-refractivity contribution in [3.05, 3.63) is 46.0 Å². The van der Waals surface area contributed by atoms with Gasteiger partial charge in [0.15, 0.2) is 0 Å². The van der Waals surface area contributed by atoms with Crippen LogP contribution in [-0.2, 0) is 13.5 Å². The Balaban J connectivity index is 1.74. The van der Waals surface area contributed by atoms with Gasteiger partial charge in [0.05, 0.1) is 10.7 Å². The highest BCUT2D eigenvalue weighted by Gasteiger charge is 2.11. The number of anilines is 1. The monoisotopic (exact) mass is 327 g/mol. The summed E-state index contributed by atoms with van der Waals surface area (Å²) in [7, 11) is 1.81. The number of benzene rings is 1. The number of hydrogen-bond acceptors (Lipinski definition) is 5. The summed E-state index contributed by atoms with van der Waals surface area (Å²) in [6, 6.07) is 7.35. The summed E-state index contributed by atoms with van der Waals surface area (Å²) in [4.78, 5) is 21.0. The topological polar surface area (TPSA) is 72.7 Å². The molecule has 1 amide bonds. The van der Waals surface area contributed by atoms with E-state index in [0.29, 0.717) is 11.5 Å². The Kier molecular flexibility index (Phi) is 4.20. The van der Waals surface area contributed by atoms with E-state index in [1.807, 2.05) is 38.4 Å². The van der Waals surface area contributed by atoms with E-state index in [4.69, 9.17) is 0 Å². The summed E-state index contributed by atoms with van der Waals surface area (Å²) in [5.74, 6) is 0.933. The molecular formula is C16H17N5OS. The summed E-state index contributed by atoms with van der Waals surface area (Å²) in [5, 5.41) is 9.93. The van der Waals surface area contributed by atoms with Crippen LogP contribution in [0.4, 0.5) is 5.95 Å². The number of carbonyl (C=O) groups excluding carboxylic acids is 1. The minimum atomic E-state index is -0.223. The van der Waals surface area contributed by atoms with E-state index >= 15 is 0 Å². The molecule has 0 aliphatic rings. The summed E-state index contributed by atoms with van der Waals surface area (Å²) < 4.78 is 1.67. The third-order valence-corrected chi connectivity index (χ3v) is 4.23. The van der Waals surface area contributed by atoms with Gasteiger partial charge in [-0.15, -0.1) is 16.4 Å².